The smallest absolute Gasteiger partial charge is 0.312 e. The molecule has 0 saturated carbocycles. The summed E-state index contributed by atoms with van der Waals surface area (Å²) in [7, 11) is -3.83. The van der Waals surface area contributed by atoms with E-state index in [1.165, 1.54) is 11.5 Å². The average Bonchev–Trinajstić information content (AvgIpc) is 3.01. The van der Waals surface area contributed by atoms with Gasteiger partial charge < -0.3 is 10.5 Å². The van der Waals surface area contributed by atoms with Crippen LogP contribution in [0.3, 0.4) is 0 Å². The summed E-state index contributed by atoms with van der Waals surface area (Å²) in [5.74, 6) is -0.332. The topological polar surface area (TPSA) is 111 Å². The Bertz CT molecular complexity index is 878. The van der Waals surface area contributed by atoms with E-state index < -0.39 is 21.2 Å². The third kappa shape index (κ3) is 5.13. The summed E-state index contributed by atoms with van der Waals surface area (Å²) in [6.45, 7) is 5.80. The summed E-state index contributed by atoms with van der Waals surface area (Å²) in [6, 6.07) is 7.00. The zero-order chi connectivity index (χ0) is 19.2. The Kier molecular flexibility index (Phi) is 6.90. The molecule has 1 aromatic heterocycles. The molecule has 0 fully saturated rings. The summed E-state index contributed by atoms with van der Waals surface area (Å²) >= 11 is 1.03. The molecule has 2 aromatic rings. The number of benzene rings is 1. The predicted octanol–water partition coefficient (Wildman–Crippen LogP) is 2.98. The number of hydrogen-bond donors (Lipinski definition) is 2. The molecule has 3 N–H and O–H groups in total. The first kappa shape index (κ1) is 20.1. The van der Waals surface area contributed by atoms with Crippen LogP contribution in [-0.4, -0.2) is 19.4 Å². The lowest BCUT2D eigenvalue weighted by atomic mass is 10.1. The predicted molar refractivity (Wildman–Crippen MR) is 102 cm³/mol. The normalized spacial score (nSPS) is 12.4. The SMILES string of the molecule is C=CC(c1cccc(CN)c1)S(=O)(=O)Nc1nc(OC(=O)CCC)cs1. The number of hydrogen-bond acceptors (Lipinski definition) is 7. The number of thiazole rings is 1. The fourth-order valence-electron chi connectivity index (χ4n) is 2.25. The van der Waals surface area contributed by atoms with Crippen LogP contribution in [0.1, 0.15) is 36.1 Å². The zero-order valence-corrected chi connectivity index (χ0v) is 16.0. The van der Waals surface area contributed by atoms with Crippen LogP contribution in [0.2, 0.25) is 0 Å². The van der Waals surface area contributed by atoms with Crippen molar-refractivity contribution in [3.63, 3.8) is 0 Å². The van der Waals surface area contributed by atoms with Crippen LogP contribution < -0.4 is 15.2 Å². The number of ether oxygens (including phenoxy) is 1. The van der Waals surface area contributed by atoms with E-state index in [1.54, 1.807) is 18.2 Å². The van der Waals surface area contributed by atoms with Crippen LogP contribution in [0.4, 0.5) is 5.13 Å². The van der Waals surface area contributed by atoms with E-state index in [9.17, 15) is 13.2 Å². The number of nitrogens with zero attached hydrogens (tertiary/aromatic N) is 1. The molecule has 9 heteroatoms. The molecule has 0 aliphatic rings. The maximum atomic E-state index is 12.7. The van der Waals surface area contributed by atoms with Crippen LogP contribution in [0.25, 0.3) is 0 Å². The fourth-order valence-corrected chi connectivity index (χ4v) is 4.42. The van der Waals surface area contributed by atoms with Gasteiger partial charge in [-0.05, 0) is 17.5 Å². The highest BCUT2D eigenvalue weighted by Crippen LogP contribution is 2.29. The van der Waals surface area contributed by atoms with Gasteiger partial charge in [0.2, 0.25) is 15.9 Å². The molecule has 0 aliphatic carbocycles. The van der Waals surface area contributed by atoms with Crippen molar-refractivity contribution in [3.05, 3.63) is 53.4 Å². The van der Waals surface area contributed by atoms with Crippen molar-refractivity contribution in [2.24, 2.45) is 5.73 Å². The largest absolute Gasteiger partial charge is 0.406 e. The molecular formula is C17H21N3O4S2. The maximum absolute atomic E-state index is 12.7. The third-order valence-corrected chi connectivity index (χ3v) is 5.93. The number of nitrogens with one attached hydrogen (secondary N) is 1. The number of rotatable bonds is 9. The Morgan fingerprint density at radius 3 is 2.92 bits per heavy atom. The minimum Gasteiger partial charge on any atom is -0.406 e. The summed E-state index contributed by atoms with van der Waals surface area (Å²) in [5, 5.41) is 0.624. The minimum atomic E-state index is -3.83. The van der Waals surface area contributed by atoms with Crippen molar-refractivity contribution >= 4 is 32.5 Å². The Morgan fingerprint density at radius 1 is 1.50 bits per heavy atom. The molecule has 0 bridgehead atoms. The van der Waals surface area contributed by atoms with Gasteiger partial charge in [0.25, 0.3) is 0 Å². The highest BCUT2D eigenvalue weighted by molar-refractivity contribution is 7.93. The van der Waals surface area contributed by atoms with Crippen LogP contribution in [0.15, 0.2) is 42.3 Å². The summed E-state index contributed by atoms with van der Waals surface area (Å²) in [6.07, 6.45) is 2.27. The second-order valence-electron chi connectivity index (χ2n) is 5.47. The summed E-state index contributed by atoms with van der Waals surface area (Å²) in [4.78, 5) is 15.5. The van der Waals surface area contributed by atoms with E-state index in [2.05, 4.69) is 16.3 Å². The highest BCUT2D eigenvalue weighted by atomic mass is 32.2. The van der Waals surface area contributed by atoms with Crippen LogP contribution in [0, 0.1) is 0 Å². The van der Waals surface area contributed by atoms with E-state index in [0.717, 1.165) is 16.9 Å². The Labute approximate surface area is 157 Å². The van der Waals surface area contributed by atoms with Crippen molar-refractivity contribution in [3.8, 4) is 5.88 Å². The summed E-state index contributed by atoms with van der Waals surface area (Å²) < 4.78 is 32.9. The van der Waals surface area contributed by atoms with Gasteiger partial charge in [-0.3, -0.25) is 9.52 Å². The molecular weight excluding hydrogens is 374 g/mol. The van der Waals surface area contributed by atoms with Crippen molar-refractivity contribution < 1.29 is 17.9 Å². The molecule has 1 aromatic carbocycles. The monoisotopic (exact) mass is 395 g/mol. The number of carbonyl (C=O) groups excluding carboxylic acids is 1. The molecule has 140 valence electrons. The quantitative estimate of drug-likeness (QED) is 0.499. The van der Waals surface area contributed by atoms with Gasteiger partial charge in [0.1, 0.15) is 5.25 Å². The van der Waals surface area contributed by atoms with Gasteiger partial charge in [-0.2, -0.15) is 4.98 Å². The van der Waals surface area contributed by atoms with E-state index in [4.69, 9.17) is 10.5 Å². The van der Waals surface area contributed by atoms with Crippen molar-refractivity contribution in [2.45, 2.75) is 31.6 Å². The van der Waals surface area contributed by atoms with Gasteiger partial charge in [-0.25, -0.2) is 8.42 Å². The standard InChI is InChI=1S/C17H21N3O4S2/c1-3-6-16(21)24-15-11-25-17(19-15)20-26(22,23)14(4-2)13-8-5-7-12(9-13)10-18/h4-5,7-9,11,14H,2-3,6,10,18H2,1H3,(H,19,20). The minimum absolute atomic E-state index is 0.0754. The first-order chi connectivity index (χ1) is 12.4. The van der Waals surface area contributed by atoms with E-state index in [-0.39, 0.29) is 17.4 Å². The number of sulfonamides is 1. The molecule has 7 nitrogen and oxygen atoms in total. The maximum Gasteiger partial charge on any atom is 0.312 e. The molecule has 0 spiro atoms. The molecule has 26 heavy (non-hydrogen) atoms. The molecule has 0 amide bonds. The van der Waals surface area contributed by atoms with E-state index >= 15 is 0 Å². The van der Waals surface area contributed by atoms with Gasteiger partial charge in [0, 0.05) is 13.0 Å². The third-order valence-electron chi connectivity index (χ3n) is 3.45. The van der Waals surface area contributed by atoms with Gasteiger partial charge >= 0.3 is 5.97 Å². The van der Waals surface area contributed by atoms with Gasteiger partial charge in [0.05, 0.1) is 5.38 Å². The number of carbonyl (C=O) groups is 1. The molecule has 1 unspecified atom stereocenters. The Morgan fingerprint density at radius 2 is 2.27 bits per heavy atom. The first-order valence-electron chi connectivity index (χ1n) is 7.99. The Hall–Kier alpha value is -2.23. The zero-order valence-electron chi connectivity index (χ0n) is 14.3. The van der Waals surface area contributed by atoms with Crippen LogP contribution in [-0.2, 0) is 21.4 Å². The molecule has 2 rings (SSSR count). The lowest BCUT2D eigenvalue weighted by Crippen LogP contribution is -2.20. The molecule has 0 radical (unpaired) electrons. The number of esters is 1. The highest BCUT2D eigenvalue weighted by Gasteiger charge is 2.26. The fraction of sp³-hybridized carbons (Fsp3) is 0.294. The number of nitrogens with two attached hydrogens (primary N) is 1. The lowest BCUT2D eigenvalue weighted by Gasteiger charge is -2.15. The lowest BCUT2D eigenvalue weighted by molar-refractivity contribution is -0.134. The molecule has 1 atom stereocenters. The average molecular weight is 396 g/mol. The van der Waals surface area contributed by atoms with Gasteiger partial charge in [0.15, 0.2) is 5.13 Å². The van der Waals surface area contributed by atoms with Crippen LogP contribution in [0.5, 0.6) is 5.88 Å². The van der Waals surface area contributed by atoms with E-state index in [0.29, 0.717) is 18.5 Å². The van der Waals surface area contributed by atoms with E-state index in [1.807, 2.05) is 13.0 Å². The number of aromatic nitrogens is 1. The number of anilines is 1. The second-order valence-corrected chi connectivity index (χ2v) is 8.13. The van der Waals surface area contributed by atoms with Gasteiger partial charge in [-0.15, -0.1) is 17.9 Å². The molecule has 0 aliphatic heterocycles. The Balaban J connectivity index is 2.17. The van der Waals surface area contributed by atoms with Crippen LogP contribution >= 0.6 is 11.3 Å². The van der Waals surface area contributed by atoms with Gasteiger partial charge in [-0.1, -0.05) is 37.3 Å². The summed E-state index contributed by atoms with van der Waals surface area (Å²) in [5.41, 5.74) is 7.00. The van der Waals surface area contributed by atoms with Crippen molar-refractivity contribution in [2.75, 3.05) is 4.72 Å². The first-order valence-corrected chi connectivity index (χ1v) is 10.4. The second kappa shape index (κ2) is 8.93. The molecule has 0 saturated heterocycles. The molecule has 1 heterocycles. The van der Waals surface area contributed by atoms with Crippen molar-refractivity contribution in [1.29, 1.82) is 0 Å². The van der Waals surface area contributed by atoms with Crippen molar-refractivity contribution in [1.82, 2.24) is 4.98 Å².